The molecule has 1 aromatic carbocycles. The van der Waals surface area contributed by atoms with Crippen LogP contribution in [0.4, 0.5) is 0 Å². The van der Waals surface area contributed by atoms with E-state index < -0.39 is 6.10 Å². The fourth-order valence-corrected chi connectivity index (χ4v) is 1.62. The molecule has 0 saturated heterocycles. The van der Waals surface area contributed by atoms with Gasteiger partial charge < -0.3 is 20.3 Å². The van der Waals surface area contributed by atoms with Crippen LogP contribution in [0.3, 0.4) is 0 Å². The Hall–Kier alpha value is -1.26. The number of likely N-dealkylation sites (N-methyl/N-ethyl adjacent to an activating group) is 1. The summed E-state index contributed by atoms with van der Waals surface area (Å²) in [7, 11) is 1.78. The van der Waals surface area contributed by atoms with E-state index in [0.29, 0.717) is 17.9 Å². The van der Waals surface area contributed by atoms with Crippen molar-refractivity contribution >= 4 is 0 Å². The number of hydrogen-bond donors (Lipinski definition) is 3. The molecule has 14 heavy (non-hydrogen) atoms. The van der Waals surface area contributed by atoms with Gasteiger partial charge in [-0.3, -0.25) is 0 Å². The number of rotatable bonds is 1. The standard InChI is InChI=1S/C10H13NO3/c1-11-8-5-14-9-4-6(12)2-3-7(9)10(8)13/h2-4,8,10-13H,5H2,1H3. The third-order valence-corrected chi connectivity index (χ3v) is 2.49. The summed E-state index contributed by atoms with van der Waals surface area (Å²) in [6, 6.07) is 4.65. The highest BCUT2D eigenvalue weighted by molar-refractivity contribution is 5.43. The first-order valence-corrected chi connectivity index (χ1v) is 4.53. The lowest BCUT2D eigenvalue weighted by atomic mass is 9.99. The van der Waals surface area contributed by atoms with Gasteiger partial charge in [-0.05, 0) is 19.2 Å². The summed E-state index contributed by atoms with van der Waals surface area (Å²) in [5.74, 6) is 0.711. The summed E-state index contributed by atoms with van der Waals surface area (Å²) in [5.41, 5.74) is 0.716. The first-order valence-electron chi connectivity index (χ1n) is 4.53. The number of ether oxygens (including phenoxy) is 1. The van der Waals surface area contributed by atoms with E-state index in [2.05, 4.69) is 5.32 Å². The van der Waals surface area contributed by atoms with E-state index >= 15 is 0 Å². The first kappa shape index (κ1) is 9.30. The van der Waals surface area contributed by atoms with Gasteiger partial charge in [0.25, 0.3) is 0 Å². The molecule has 2 unspecified atom stereocenters. The fraction of sp³-hybridized carbons (Fsp3) is 0.400. The van der Waals surface area contributed by atoms with Crippen molar-refractivity contribution in [3.05, 3.63) is 23.8 Å². The third-order valence-electron chi connectivity index (χ3n) is 2.49. The molecule has 0 fully saturated rings. The summed E-state index contributed by atoms with van der Waals surface area (Å²) >= 11 is 0. The lowest BCUT2D eigenvalue weighted by Gasteiger charge is -2.29. The highest BCUT2D eigenvalue weighted by Crippen LogP contribution is 2.34. The summed E-state index contributed by atoms with van der Waals surface area (Å²) in [4.78, 5) is 0. The Balaban J connectivity index is 2.36. The van der Waals surface area contributed by atoms with Gasteiger partial charge in [0.05, 0.1) is 6.04 Å². The molecule has 4 nitrogen and oxygen atoms in total. The number of nitrogens with one attached hydrogen (secondary N) is 1. The van der Waals surface area contributed by atoms with Crippen molar-refractivity contribution in [2.24, 2.45) is 0 Å². The van der Waals surface area contributed by atoms with E-state index in [0.717, 1.165) is 0 Å². The zero-order chi connectivity index (χ0) is 10.1. The normalized spacial score (nSPS) is 25.3. The van der Waals surface area contributed by atoms with Crippen molar-refractivity contribution in [2.75, 3.05) is 13.7 Å². The quantitative estimate of drug-likeness (QED) is 0.607. The molecule has 1 aliphatic heterocycles. The Morgan fingerprint density at radius 1 is 1.50 bits per heavy atom. The number of phenolic OH excluding ortho intramolecular Hbond substituents is 1. The van der Waals surface area contributed by atoms with Crippen LogP contribution in [0, 0.1) is 0 Å². The van der Waals surface area contributed by atoms with Gasteiger partial charge in [-0.1, -0.05) is 0 Å². The molecule has 0 aromatic heterocycles. The SMILES string of the molecule is CNC1COc2cc(O)ccc2C1O. The number of aromatic hydroxyl groups is 1. The predicted octanol–water partition coefficient (Wildman–Crippen LogP) is 0.406. The molecule has 0 radical (unpaired) electrons. The number of fused-ring (bicyclic) bond motifs is 1. The van der Waals surface area contributed by atoms with Crippen LogP contribution < -0.4 is 10.1 Å². The molecule has 2 atom stereocenters. The monoisotopic (exact) mass is 195 g/mol. The summed E-state index contributed by atoms with van der Waals surface area (Å²) in [5, 5.41) is 22.1. The Morgan fingerprint density at radius 3 is 3.00 bits per heavy atom. The van der Waals surface area contributed by atoms with Crippen LogP contribution in [0.1, 0.15) is 11.7 Å². The molecule has 1 heterocycles. The second-order valence-electron chi connectivity index (χ2n) is 3.37. The number of aliphatic hydroxyl groups is 1. The average Bonchev–Trinajstić information content (AvgIpc) is 2.18. The van der Waals surface area contributed by atoms with Gasteiger partial charge in [0.1, 0.15) is 24.2 Å². The number of aliphatic hydroxyl groups excluding tert-OH is 1. The number of hydrogen-bond acceptors (Lipinski definition) is 4. The van der Waals surface area contributed by atoms with Crippen molar-refractivity contribution in [1.29, 1.82) is 0 Å². The van der Waals surface area contributed by atoms with E-state index in [1.165, 1.54) is 6.07 Å². The van der Waals surface area contributed by atoms with Crippen molar-refractivity contribution in [3.63, 3.8) is 0 Å². The highest BCUT2D eigenvalue weighted by atomic mass is 16.5. The lowest BCUT2D eigenvalue weighted by Crippen LogP contribution is -2.40. The van der Waals surface area contributed by atoms with Crippen LogP contribution in [0.25, 0.3) is 0 Å². The third kappa shape index (κ3) is 1.42. The van der Waals surface area contributed by atoms with Crippen molar-refractivity contribution in [2.45, 2.75) is 12.1 Å². The van der Waals surface area contributed by atoms with Gasteiger partial charge in [-0.25, -0.2) is 0 Å². The minimum Gasteiger partial charge on any atom is -0.508 e. The molecule has 1 aromatic rings. The number of benzene rings is 1. The van der Waals surface area contributed by atoms with Crippen LogP contribution in [0.2, 0.25) is 0 Å². The van der Waals surface area contributed by atoms with Crippen LogP contribution >= 0.6 is 0 Å². The van der Waals surface area contributed by atoms with Crippen molar-refractivity contribution in [3.8, 4) is 11.5 Å². The van der Waals surface area contributed by atoms with E-state index in [1.54, 1.807) is 19.2 Å². The molecular weight excluding hydrogens is 182 g/mol. The molecule has 0 saturated carbocycles. The molecule has 0 amide bonds. The van der Waals surface area contributed by atoms with E-state index in [1.807, 2.05) is 0 Å². The Bertz CT molecular complexity index is 340. The van der Waals surface area contributed by atoms with Gasteiger partial charge in [0.2, 0.25) is 0 Å². The maximum atomic E-state index is 9.89. The van der Waals surface area contributed by atoms with Crippen LogP contribution in [0.15, 0.2) is 18.2 Å². The summed E-state index contributed by atoms with van der Waals surface area (Å²) in [6.45, 7) is 0.411. The summed E-state index contributed by atoms with van der Waals surface area (Å²) in [6.07, 6.45) is -0.579. The molecule has 0 spiro atoms. The first-order chi connectivity index (χ1) is 6.72. The maximum absolute atomic E-state index is 9.89. The molecule has 76 valence electrons. The van der Waals surface area contributed by atoms with Crippen LogP contribution in [-0.4, -0.2) is 29.9 Å². The predicted molar refractivity (Wildman–Crippen MR) is 51.4 cm³/mol. The van der Waals surface area contributed by atoms with E-state index in [-0.39, 0.29) is 11.8 Å². The maximum Gasteiger partial charge on any atom is 0.128 e. The van der Waals surface area contributed by atoms with Gasteiger partial charge in [0, 0.05) is 11.6 Å². The Kier molecular flexibility index (Phi) is 2.31. The minimum absolute atomic E-state index is 0.0907. The highest BCUT2D eigenvalue weighted by Gasteiger charge is 2.28. The minimum atomic E-state index is -0.579. The van der Waals surface area contributed by atoms with Gasteiger partial charge >= 0.3 is 0 Å². The second-order valence-corrected chi connectivity index (χ2v) is 3.37. The van der Waals surface area contributed by atoms with E-state index in [4.69, 9.17) is 4.74 Å². The Morgan fingerprint density at radius 2 is 2.29 bits per heavy atom. The largest absolute Gasteiger partial charge is 0.508 e. The van der Waals surface area contributed by atoms with Crippen molar-refractivity contribution < 1.29 is 14.9 Å². The molecule has 0 aliphatic carbocycles. The lowest BCUT2D eigenvalue weighted by molar-refractivity contribution is 0.0772. The molecule has 1 aliphatic rings. The van der Waals surface area contributed by atoms with Crippen LogP contribution in [0.5, 0.6) is 11.5 Å². The zero-order valence-corrected chi connectivity index (χ0v) is 7.90. The molecule has 0 bridgehead atoms. The number of phenols is 1. The molecule has 2 rings (SSSR count). The van der Waals surface area contributed by atoms with Gasteiger partial charge in [0.15, 0.2) is 0 Å². The topological polar surface area (TPSA) is 61.7 Å². The van der Waals surface area contributed by atoms with Crippen LogP contribution in [-0.2, 0) is 0 Å². The molecule has 4 heteroatoms. The smallest absolute Gasteiger partial charge is 0.128 e. The average molecular weight is 195 g/mol. The van der Waals surface area contributed by atoms with Gasteiger partial charge in [-0.15, -0.1) is 0 Å². The fourth-order valence-electron chi connectivity index (χ4n) is 1.62. The van der Waals surface area contributed by atoms with E-state index in [9.17, 15) is 10.2 Å². The van der Waals surface area contributed by atoms with Crippen molar-refractivity contribution in [1.82, 2.24) is 5.32 Å². The Labute approximate surface area is 82.1 Å². The zero-order valence-electron chi connectivity index (χ0n) is 7.90. The van der Waals surface area contributed by atoms with Gasteiger partial charge in [-0.2, -0.15) is 0 Å². The molecule has 3 N–H and O–H groups in total. The molecular formula is C10H13NO3. The second kappa shape index (κ2) is 3.48. The summed E-state index contributed by atoms with van der Waals surface area (Å²) < 4.78 is 5.40.